The molecule has 3 aromatic rings. The molecule has 1 heterocycles. The highest BCUT2D eigenvalue weighted by Gasteiger charge is 2.09. The lowest BCUT2D eigenvalue weighted by molar-refractivity contribution is 0.0996. The summed E-state index contributed by atoms with van der Waals surface area (Å²) >= 11 is 11.5. The summed E-state index contributed by atoms with van der Waals surface area (Å²) in [6, 6.07) is 15.6. The fourth-order valence-corrected chi connectivity index (χ4v) is 3.05. The van der Waals surface area contributed by atoms with E-state index in [1.807, 2.05) is 0 Å². The lowest BCUT2D eigenvalue weighted by Crippen LogP contribution is -2.19. The molecule has 0 aliphatic heterocycles. The maximum absolute atomic E-state index is 12.0. The van der Waals surface area contributed by atoms with Crippen LogP contribution in [0.15, 0.2) is 65.3 Å². The van der Waals surface area contributed by atoms with Crippen LogP contribution in [0.2, 0.25) is 5.02 Å². The van der Waals surface area contributed by atoms with Gasteiger partial charge in [0.1, 0.15) is 0 Å². The van der Waals surface area contributed by atoms with Gasteiger partial charge in [0, 0.05) is 22.1 Å². The quantitative estimate of drug-likeness (QED) is 0.436. The van der Waals surface area contributed by atoms with Crippen molar-refractivity contribution in [1.29, 1.82) is 0 Å². The van der Waals surface area contributed by atoms with Crippen LogP contribution < -0.4 is 16.0 Å². The van der Waals surface area contributed by atoms with E-state index in [-0.39, 0.29) is 11.7 Å². The molecule has 3 rings (SSSR count). The first kappa shape index (κ1) is 19.9. The summed E-state index contributed by atoms with van der Waals surface area (Å²) in [5.74, 6) is -0.0757. The standard InChI is InChI=1S/C20H18ClN3O3S/c1-12(25)16-9-8-15(11-17(16)21)24-20(28)23-14-6-4-13(5-7-14)22-19(26)18-3-2-10-27-18/h2-12,25H,1H3,(H,22,26)(H2,23,24,28). The normalized spacial score (nSPS) is 11.5. The summed E-state index contributed by atoms with van der Waals surface area (Å²) in [4.78, 5) is 12.0. The van der Waals surface area contributed by atoms with E-state index >= 15 is 0 Å². The number of rotatable bonds is 5. The van der Waals surface area contributed by atoms with E-state index in [2.05, 4.69) is 16.0 Å². The van der Waals surface area contributed by atoms with Gasteiger partial charge in [-0.3, -0.25) is 4.79 Å². The van der Waals surface area contributed by atoms with E-state index in [4.69, 9.17) is 28.2 Å². The van der Waals surface area contributed by atoms with E-state index in [1.165, 1.54) is 6.26 Å². The molecule has 6 nitrogen and oxygen atoms in total. The van der Waals surface area contributed by atoms with Crippen LogP contribution in [-0.4, -0.2) is 16.1 Å². The number of hydrogen-bond acceptors (Lipinski definition) is 4. The Kier molecular flexibility index (Phi) is 6.30. The predicted octanol–water partition coefficient (Wildman–Crippen LogP) is 5.05. The first-order chi connectivity index (χ1) is 13.4. The smallest absolute Gasteiger partial charge is 0.291 e. The molecular formula is C20H18ClN3O3S. The second-order valence-corrected chi connectivity index (χ2v) is 6.82. The minimum atomic E-state index is -0.640. The number of nitrogens with one attached hydrogen (secondary N) is 3. The van der Waals surface area contributed by atoms with E-state index in [0.29, 0.717) is 27.1 Å². The Morgan fingerprint density at radius 2 is 1.64 bits per heavy atom. The first-order valence-corrected chi connectivity index (χ1v) is 9.21. The van der Waals surface area contributed by atoms with Crippen LogP contribution in [0.5, 0.6) is 0 Å². The van der Waals surface area contributed by atoms with Crippen molar-refractivity contribution in [2.24, 2.45) is 0 Å². The van der Waals surface area contributed by atoms with Crippen LogP contribution in [0.3, 0.4) is 0 Å². The summed E-state index contributed by atoms with van der Waals surface area (Å²) in [5, 5.41) is 19.3. The average Bonchev–Trinajstić information content (AvgIpc) is 3.18. The van der Waals surface area contributed by atoms with Gasteiger partial charge in [-0.25, -0.2) is 0 Å². The van der Waals surface area contributed by atoms with Gasteiger partial charge < -0.3 is 25.5 Å². The van der Waals surface area contributed by atoms with Crippen LogP contribution in [0, 0.1) is 0 Å². The van der Waals surface area contributed by atoms with Gasteiger partial charge in [0.2, 0.25) is 0 Å². The molecule has 28 heavy (non-hydrogen) atoms. The highest BCUT2D eigenvalue weighted by Crippen LogP contribution is 2.26. The van der Waals surface area contributed by atoms with Gasteiger partial charge in [0.15, 0.2) is 10.9 Å². The molecule has 1 aromatic heterocycles. The fraction of sp³-hybridized carbons (Fsp3) is 0.100. The topological polar surface area (TPSA) is 86.5 Å². The number of hydrogen-bond donors (Lipinski definition) is 4. The number of aliphatic hydroxyl groups is 1. The van der Waals surface area contributed by atoms with Gasteiger partial charge >= 0.3 is 0 Å². The zero-order valence-corrected chi connectivity index (χ0v) is 16.5. The molecule has 2 aromatic carbocycles. The Balaban J connectivity index is 1.57. The van der Waals surface area contributed by atoms with Crippen molar-refractivity contribution in [3.05, 3.63) is 77.2 Å². The van der Waals surface area contributed by atoms with Crippen molar-refractivity contribution >= 4 is 51.9 Å². The maximum Gasteiger partial charge on any atom is 0.291 e. The Hall–Kier alpha value is -2.87. The molecule has 0 bridgehead atoms. The van der Waals surface area contributed by atoms with E-state index in [9.17, 15) is 9.90 Å². The van der Waals surface area contributed by atoms with Crippen LogP contribution in [0.1, 0.15) is 29.1 Å². The Morgan fingerprint density at radius 3 is 2.21 bits per heavy atom. The van der Waals surface area contributed by atoms with Crippen molar-refractivity contribution in [2.45, 2.75) is 13.0 Å². The van der Waals surface area contributed by atoms with E-state index in [0.717, 1.165) is 5.69 Å². The van der Waals surface area contributed by atoms with Gasteiger partial charge in [-0.1, -0.05) is 17.7 Å². The van der Waals surface area contributed by atoms with Crippen molar-refractivity contribution < 1.29 is 14.3 Å². The van der Waals surface area contributed by atoms with Crippen molar-refractivity contribution in [2.75, 3.05) is 16.0 Å². The van der Waals surface area contributed by atoms with Crippen LogP contribution >= 0.6 is 23.8 Å². The SMILES string of the molecule is CC(O)c1ccc(NC(=S)Nc2ccc(NC(=O)c3ccco3)cc2)cc1Cl. The molecule has 144 valence electrons. The first-order valence-electron chi connectivity index (χ1n) is 8.43. The molecule has 0 spiro atoms. The third-order valence-corrected chi connectivity index (χ3v) is 4.39. The summed E-state index contributed by atoms with van der Waals surface area (Å²) in [5.41, 5.74) is 2.74. The molecule has 0 aliphatic carbocycles. The van der Waals surface area contributed by atoms with Crippen LogP contribution in [0.25, 0.3) is 0 Å². The minimum absolute atomic E-state index is 0.243. The molecule has 4 N–H and O–H groups in total. The zero-order valence-electron chi connectivity index (χ0n) is 14.9. The van der Waals surface area contributed by atoms with Gasteiger partial charge in [0.25, 0.3) is 5.91 Å². The van der Waals surface area contributed by atoms with Crippen LogP contribution in [-0.2, 0) is 0 Å². The second-order valence-electron chi connectivity index (χ2n) is 6.00. The number of aliphatic hydroxyl groups excluding tert-OH is 1. The molecule has 0 fully saturated rings. The minimum Gasteiger partial charge on any atom is -0.459 e. The number of carbonyl (C=O) groups is 1. The van der Waals surface area contributed by atoms with Crippen molar-refractivity contribution in [3.8, 4) is 0 Å². The van der Waals surface area contributed by atoms with Gasteiger partial charge in [-0.05, 0) is 73.2 Å². The van der Waals surface area contributed by atoms with E-state index < -0.39 is 6.10 Å². The summed E-state index contributed by atoms with van der Waals surface area (Å²) in [6.45, 7) is 1.65. The molecule has 1 amide bonds. The number of halogens is 1. The fourth-order valence-electron chi connectivity index (χ4n) is 2.47. The molecule has 1 atom stereocenters. The Bertz CT molecular complexity index is 973. The van der Waals surface area contributed by atoms with Gasteiger partial charge in [-0.15, -0.1) is 0 Å². The molecule has 0 saturated carbocycles. The van der Waals surface area contributed by atoms with Crippen molar-refractivity contribution in [1.82, 2.24) is 0 Å². The molecule has 0 radical (unpaired) electrons. The van der Waals surface area contributed by atoms with Gasteiger partial charge in [0.05, 0.1) is 12.4 Å². The molecule has 0 aliphatic rings. The van der Waals surface area contributed by atoms with Crippen LogP contribution in [0.4, 0.5) is 17.1 Å². The summed E-state index contributed by atoms with van der Waals surface area (Å²) in [7, 11) is 0. The summed E-state index contributed by atoms with van der Waals surface area (Å²) < 4.78 is 5.06. The molecular weight excluding hydrogens is 398 g/mol. The van der Waals surface area contributed by atoms with Crippen molar-refractivity contribution in [3.63, 3.8) is 0 Å². The molecule has 0 saturated heterocycles. The Labute approximate surface area is 172 Å². The predicted molar refractivity (Wildman–Crippen MR) is 115 cm³/mol. The lowest BCUT2D eigenvalue weighted by atomic mass is 10.1. The Morgan fingerprint density at radius 1 is 1.04 bits per heavy atom. The molecule has 8 heteroatoms. The maximum atomic E-state index is 12.0. The largest absolute Gasteiger partial charge is 0.459 e. The molecule has 1 unspecified atom stereocenters. The number of furan rings is 1. The highest BCUT2D eigenvalue weighted by atomic mass is 35.5. The van der Waals surface area contributed by atoms with E-state index in [1.54, 1.807) is 61.5 Å². The second kappa shape index (κ2) is 8.88. The number of thiocarbonyl (C=S) groups is 1. The third-order valence-electron chi connectivity index (χ3n) is 3.85. The number of anilines is 3. The summed E-state index contributed by atoms with van der Waals surface area (Å²) in [6.07, 6.45) is 0.805. The number of benzene rings is 2. The zero-order chi connectivity index (χ0) is 20.1. The highest BCUT2D eigenvalue weighted by molar-refractivity contribution is 7.80. The van der Waals surface area contributed by atoms with Gasteiger partial charge in [-0.2, -0.15) is 0 Å². The third kappa shape index (κ3) is 5.10. The average molecular weight is 416 g/mol. The lowest BCUT2D eigenvalue weighted by Gasteiger charge is -2.13. The number of amides is 1. The monoisotopic (exact) mass is 415 g/mol. The number of carbonyl (C=O) groups excluding carboxylic acids is 1.